The van der Waals surface area contributed by atoms with Gasteiger partial charge in [-0.3, -0.25) is 0 Å². The van der Waals surface area contributed by atoms with Crippen molar-refractivity contribution in [1.82, 2.24) is 0 Å². The first kappa shape index (κ1) is 9.51. The van der Waals surface area contributed by atoms with Gasteiger partial charge in [0.05, 0.1) is 13.3 Å². The lowest BCUT2D eigenvalue weighted by Crippen LogP contribution is -2.20. The summed E-state index contributed by atoms with van der Waals surface area (Å²) in [4.78, 5) is 0. The zero-order valence-corrected chi connectivity index (χ0v) is 8.34. The van der Waals surface area contributed by atoms with E-state index in [9.17, 15) is 0 Å². The van der Waals surface area contributed by atoms with Crippen molar-refractivity contribution in [2.45, 2.75) is 6.17 Å². The molecular weight excluding hydrogens is 220 g/mol. The third-order valence-corrected chi connectivity index (χ3v) is 2.04. The predicted molar refractivity (Wildman–Crippen MR) is 51.8 cm³/mol. The fraction of sp³-hybridized carbons (Fsp3) is 0.250. The quantitative estimate of drug-likeness (QED) is 0.755. The number of benzene rings is 1. The van der Waals surface area contributed by atoms with Gasteiger partial charge in [0.25, 0.3) is 0 Å². The third kappa shape index (κ3) is 1.97. The van der Waals surface area contributed by atoms with Gasteiger partial charge in [0, 0.05) is 10.0 Å². The van der Waals surface area contributed by atoms with Crippen LogP contribution >= 0.6 is 15.9 Å². The molecule has 0 aliphatic heterocycles. The van der Waals surface area contributed by atoms with Gasteiger partial charge in [0.15, 0.2) is 0 Å². The van der Waals surface area contributed by atoms with Crippen molar-refractivity contribution < 1.29 is 4.74 Å². The lowest BCUT2D eigenvalue weighted by Gasteiger charge is -2.11. The highest BCUT2D eigenvalue weighted by molar-refractivity contribution is 9.10. The smallest absolute Gasteiger partial charge is 0.125 e. The number of rotatable bonds is 2. The molecule has 1 rings (SSSR count). The Balaban J connectivity index is 3.12. The van der Waals surface area contributed by atoms with E-state index >= 15 is 0 Å². The third-order valence-electron chi connectivity index (χ3n) is 1.55. The maximum absolute atomic E-state index is 5.54. The molecule has 1 aromatic carbocycles. The molecule has 0 amide bonds. The summed E-state index contributed by atoms with van der Waals surface area (Å²) in [5.41, 5.74) is 11.9. The molecule has 0 heterocycles. The molecule has 0 radical (unpaired) electrons. The molecule has 4 N–H and O–H groups in total. The lowest BCUT2D eigenvalue weighted by molar-refractivity contribution is 0.406. The predicted octanol–water partition coefficient (Wildman–Crippen LogP) is 1.37. The van der Waals surface area contributed by atoms with E-state index in [0.717, 1.165) is 10.0 Å². The van der Waals surface area contributed by atoms with Crippen LogP contribution in [0.4, 0.5) is 0 Å². The topological polar surface area (TPSA) is 61.3 Å². The van der Waals surface area contributed by atoms with Gasteiger partial charge in [0.2, 0.25) is 0 Å². The molecule has 0 atom stereocenters. The summed E-state index contributed by atoms with van der Waals surface area (Å²) in [6.45, 7) is 0. The monoisotopic (exact) mass is 230 g/mol. The van der Waals surface area contributed by atoms with Gasteiger partial charge in [-0.1, -0.05) is 15.9 Å². The molecule has 0 aliphatic rings. The van der Waals surface area contributed by atoms with Crippen LogP contribution in [0.5, 0.6) is 5.75 Å². The van der Waals surface area contributed by atoms with Crippen molar-refractivity contribution in [1.29, 1.82) is 0 Å². The number of hydrogen-bond acceptors (Lipinski definition) is 3. The molecule has 0 spiro atoms. The number of methoxy groups -OCH3 is 1. The average Bonchev–Trinajstić information content (AvgIpc) is 2.04. The zero-order valence-electron chi connectivity index (χ0n) is 6.75. The Bertz CT molecular complexity index is 276. The second kappa shape index (κ2) is 3.89. The second-order valence-electron chi connectivity index (χ2n) is 2.41. The van der Waals surface area contributed by atoms with Crippen LogP contribution in [0, 0.1) is 0 Å². The van der Waals surface area contributed by atoms with E-state index in [-0.39, 0.29) is 0 Å². The van der Waals surface area contributed by atoms with Gasteiger partial charge in [-0.25, -0.2) is 0 Å². The molecule has 0 aliphatic carbocycles. The molecule has 0 fully saturated rings. The van der Waals surface area contributed by atoms with E-state index in [1.54, 1.807) is 7.11 Å². The van der Waals surface area contributed by atoms with Crippen LogP contribution in [0.25, 0.3) is 0 Å². The molecule has 0 saturated heterocycles. The Morgan fingerprint density at radius 2 is 2.08 bits per heavy atom. The van der Waals surface area contributed by atoms with Crippen LogP contribution in [0.15, 0.2) is 22.7 Å². The molecule has 0 bridgehead atoms. The van der Waals surface area contributed by atoms with Gasteiger partial charge >= 0.3 is 0 Å². The molecule has 66 valence electrons. The Morgan fingerprint density at radius 3 is 2.58 bits per heavy atom. The van der Waals surface area contributed by atoms with Crippen LogP contribution in [0.3, 0.4) is 0 Å². The molecule has 3 nitrogen and oxygen atoms in total. The summed E-state index contributed by atoms with van der Waals surface area (Å²) in [6.07, 6.45) is -0.502. The fourth-order valence-corrected chi connectivity index (χ4v) is 1.34. The first-order chi connectivity index (χ1) is 5.65. The van der Waals surface area contributed by atoms with Gasteiger partial charge in [-0.2, -0.15) is 0 Å². The fourth-order valence-electron chi connectivity index (χ4n) is 0.966. The van der Waals surface area contributed by atoms with Crippen molar-refractivity contribution in [3.8, 4) is 5.75 Å². The molecular formula is C8H11BrN2O. The summed E-state index contributed by atoms with van der Waals surface area (Å²) in [5.74, 6) is 0.716. The maximum atomic E-state index is 5.54. The van der Waals surface area contributed by atoms with E-state index in [1.807, 2.05) is 18.2 Å². The van der Waals surface area contributed by atoms with Gasteiger partial charge in [0.1, 0.15) is 5.75 Å². The molecule has 0 saturated carbocycles. The van der Waals surface area contributed by atoms with Crippen LogP contribution in [-0.2, 0) is 0 Å². The summed E-state index contributed by atoms with van der Waals surface area (Å²) in [7, 11) is 1.59. The molecule has 0 unspecified atom stereocenters. The Morgan fingerprint density at radius 1 is 1.42 bits per heavy atom. The van der Waals surface area contributed by atoms with Gasteiger partial charge in [-0.05, 0) is 18.2 Å². The Labute approximate surface area is 79.8 Å². The Kier molecular flexibility index (Phi) is 3.08. The molecule has 12 heavy (non-hydrogen) atoms. The van der Waals surface area contributed by atoms with Crippen molar-refractivity contribution in [2.24, 2.45) is 11.5 Å². The highest BCUT2D eigenvalue weighted by Gasteiger charge is 2.07. The van der Waals surface area contributed by atoms with E-state index in [2.05, 4.69) is 15.9 Å². The molecule has 0 aromatic heterocycles. The standard InChI is InChI=1S/C8H11BrN2O/c1-12-7-3-2-5(9)4-6(7)8(10)11/h2-4,8H,10-11H2,1H3. The minimum absolute atomic E-state index is 0.502. The van der Waals surface area contributed by atoms with Crippen molar-refractivity contribution in [3.63, 3.8) is 0 Å². The number of halogens is 1. The zero-order chi connectivity index (χ0) is 9.14. The highest BCUT2D eigenvalue weighted by atomic mass is 79.9. The van der Waals surface area contributed by atoms with Crippen LogP contribution in [0.1, 0.15) is 11.7 Å². The average molecular weight is 231 g/mol. The first-order valence-corrected chi connectivity index (χ1v) is 4.29. The van der Waals surface area contributed by atoms with Gasteiger partial charge < -0.3 is 16.2 Å². The minimum Gasteiger partial charge on any atom is -0.496 e. The van der Waals surface area contributed by atoms with Crippen LogP contribution in [0.2, 0.25) is 0 Å². The number of nitrogens with two attached hydrogens (primary N) is 2. The number of ether oxygens (including phenoxy) is 1. The van der Waals surface area contributed by atoms with E-state index < -0.39 is 6.17 Å². The summed E-state index contributed by atoms with van der Waals surface area (Å²) in [6, 6.07) is 5.56. The van der Waals surface area contributed by atoms with Crippen molar-refractivity contribution in [3.05, 3.63) is 28.2 Å². The minimum atomic E-state index is -0.502. The Hall–Kier alpha value is -0.580. The van der Waals surface area contributed by atoms with Crippen LogP contribution < -0.4 is 16.2 Å². The normalized spacial score (nSPS) is 10.4. The molecule has 4 heteroatoms. The lowest BCUT2D eigenvalue weighted by atomic mass is 10.1. The van der Waals surface area contributed by atoms with Gasteiger partial charge in [-0.15, -0.1) is 0 Å². The van der Waals surface area contributed by atoms with E-state index in [0.29, 0.717) is 5.75 Å². The highest BCUT2D eigenvalue weighted by Crippen LogP contribution is 2.25. The van der Waals surface area contributed by atoms with Crippen molar-refractivity contribution >= 4 is 15.9 Å². The van der Waals surface area contributed by atoms with E-state index in [1.165, 1.54) is 0 Å². The summed E-state index contributed by atoms with van der Waals surface area (Å²) >= 11 is 3.33. The summed E-state index contributed by atoms with van der Waals surface area (Å²) < 4.78 is 6.02. The largest absolute Gasteiger partial charge is 0.496 e. The summed E-state index contributed by atoms with van der Waals surface area (Å²) in [5, 5.41) is 0. The first-order valence-electron chi connectivity index (χ1n) is 3.49. The van der Waals surface area contributed by atoms with E-state index in [4.69, 9.17) is 16.2 Å². The maximum Gasteiger partial charge on any atom is 0.125 e. The van der Waals surface area contributed by atoms with Crippen molar-refractivity contribution in [2.75, 3.05) is 7.11 Å². The number of hydrogen-bond donors (Lipinski definition) is 2. The molecule has 1 aromatic rings. The SMILES string of the molecule is COc1ccc(Br)cc1C(N)N. The second-order valence-corrected chi connectivity index (χ2v) is 3.33. The van der Waals surface area contributed by atoms with Crippen LogP contribution in [-0.4, -0.2) is 7.11 Å².